The molecule has 0 amide bonds. The Balaban J connectivity index is 1.29. The van der Waals surface area contributed by atoms with E-state index in [4.69, 9.17) is 18.9 Å². The van der Waals surface area contributed by atoms with Gasteiger partial charge in [0.25, 0.3) is 0 Å². The number of rotatable bonds is 4. The Hall–Kier alpha value is -5.62. The number of fused-ring (bicyclic) bond motifs is 5. The SMILES string of the molecule is CC1COc2cccc(OC(=O)c3ccc4ccccc4c3)c2-c2c(OC(=O)c3ccc4ccccc4c3)cccc2O1. The minimum Gasteiger partial charge on any atom is -0.489 e. The average Bonchev–Trinajstić information content (AvgIpc) is 3.03. The summed E-state index contributed by atoms with van der Waals surface area (Å²) in [4.78, 5) is 26.9. The van der Waals surface area contributed by atoms with Crippen molar-refractivity contribution in [2.75, 3.05) is 6.61 Å². The molecule has 0 spiro atoms. The van der Waals surface area contributed by atoms with E-state index >= 15 is 0 Å². The highest BCUT2D eigenvalue weighted by Crippen LogP contribution is 2.49. The van der Waals surface area contributed by atoms with Crippen LogP contribution in [0.15, 0.2) is 121 Å². The molecule has 0 aliphatic carbocycles. The molecule has 0 saturated heterocycles. The molecular formula is C37H26O6. The molecule has 0 saturated carbocycles. The van der Waals surface area contributed by atoms with Gasteiger partial charge < -0.3 is 18.9 Å². The number of carbonyl (C=O) groups is 2. The van der Waals surface area contributed by atoms with E-state index in [1.165, 1.54) is 0 Å². The molecule has 0 fully saturated rings. The summed E-state index contributed by atoms with van der Waals surface area (Å²) >= 11 is 0. The fourth-order valence-corrected chi connectivity index (χ4v) is 5.31. The lowest BCUT2D eigenvalue weighted by Gasteiger charge is -2.26. The Labute approximate surface area is 248 Å². The molecule has 1 unspecified atom stereocenters. The van der Waals surface area contributed by atoms with Crippen LogP contribution >= 0.6 is 0 Å². The number of ether oxygens (including phenoxy) is 4. The summed E-state index contributed by atoms with van der Waals surface area (Å²) in [6.45, 7) is 2.17. The molecule has 6 aromatic rings. The first-order valence-electron chi connectivity index (χ1n) is 14.0. The van der Waals surface area contributed by atoms with Gasteiger partial charge in [0, 0.05) is 0 Å². The molecule has 0 N–H and O–H groups in total. The van der Waals surface area contributed by atoms with Crippen molar-refractivity contribution in [3.63, 3.8) is 0 Å². The summed E-state index contributed by atoms with van der Waals surface area (Å²) in [5.74, 6) is 0.419. The monoisotopic (exact) mass is 566 g/mol. The Morgan fingerprint density at radius 1 is 0.581 bits per heavy atom. The van der Waals surface area contributed by atoms with Crippen molar-refractivity contribution in [1.82, 2.24) is 0 Å². The number of carbonyl (C=O) groups excluding carboxylic acids is 2. The van der Waals surface area contributed by atoms with E-state index in [9.17, 15) is 9.59 Å². The zero-order chi connectivity index (χ0) is 29.3. The summed E-state index contributed by atoms with van der Waals surface area (Å²) in [6, 6.07) is 37.0. The normalized spacial score (nSPS) is 13.9. The molecule has 1 heterocycles. The Kier molecular flexibility index (Phi) is 6.72. The van der Waals surface area contributed by atoms with Crippen LogP contribution in [0.5, 0.6) is 23.0 Å². The smallest absolute Gasteiger partial charge is 0.343 e. The van der Waals surface area contributed by atoms with E-state index in [0.717, 1.165) is 21.5 Å². The summed E-state index contributed by atoms with van der Waals surface area (Å²) in [5, 5.41) is 3.91. The summed E-state index contributed by atoms with van der Waals surface area (Å²) < 4.78 is 24.4. The van der Waals surface area contributed by atoms with Crippen LogP contribution < -0.4 is 18.9 Å². The van der Waals surface area contributed by atoms with Gasteiger partial charge in [0.15, 0.2) is 0 Å². The van der Waals surface area contributed by atoms with Crippen LogP contribution in [0.1, 0.15) is 27.6 Å². The topological polar surface area (TPSA) is 71.1 Å². The first-order chi connectivity index (χ1) is 21.0. The fourth-order valence-electron chi connectivity index (χ4n) is 5.31. The predicted octanol–water partition coefficient (Wildman–Crippen LogP) is 8.26. The van der Waals surface area contributed by atoms with Gasteiger partial charge in [-0.15, -0.1) is 0 Å². The zero-order valence-corrected chi connectivity index (χ0v) is 23.3. The maximum atomic E-state index is 13.4. The number of esters is 2. The second-order valence-electron chi connectivity index (χ2n) is 10.4. The van der Waals surface area contributed by atoms with Crippen molar-refractivity contribution >= 4 is 33.5 Å². The molecule has 6 nitrogen and oxygen atoms in total. The number of benzene rings is 6. The summed E-state index contributed by atoms with van der Waals surface area (Å²) in [6.07, 6.45) is -0.290. The van der Waals surface area contributed by atoms with Gasteiger partial charge in [-0.25, -0.2) is 9.59 Å². The molecule has 7 rings (SSSR count). The van der Waals surface area contributed by atoms with E-state index in [1.54, 1.807) is 60.7 Å². The van der Waals surface area contributed by atoms with E-state index < -0.39 is 11.9 Å². The maximum Gasteiger partial charge on any atom is 0.343 e. The first-order valence-corrected chi connectivity index (χ1v) is 14.0. The molecule has 0 aromatic heterocycles. The van der Waals surface area contributed by atoms with Crippen molar-refractivity contribution in [3.05, 3.63) is 132 Å². The van der Waals surface area contributed by atoms with Crippen molar-refractivity contribution in [2.24, 2.45) is 0 Å². The van der Waals surface area contributed by atoms with E-state index in [-0.39, 0.29) is 24.2 Å². The van der Waals surface area contributed by atoms with Crippen molar-refractivity contribution in [1.29, 1.82) is 0 Å². The molecule has 6 aromatic carbocycles. The van der Waals surface area contributed by atoms with Crippen LogP contribution in [0.3, 0.4) is 0 Å². The maximum absolute atomic E-state index is 13.4. The van der Waals surface area contributed by atoms with Gasteiger partial charge in [-0.1, -0.05) is 72.8 Å². The van der Waals surface area contributed by atoms with Gasteiger partial charge in [-0.3, -0.25) is 0 Å². The second-order valence-corrected chi connectivity index (χ2v) is 10.4. The Morgan fingerprint density at radius 3 is 1.63 bits per heavy atom. The molecular weight excluding hydrogens is 540 g/mol. The second kappa shape index (κ2) is 11.0. The van der Waals surface area contributed by atoms with E-state index in [0.29, 0.717) is 33.8 Å². The van der Waals surface area contributed by atoms with Gasteiger partial charge in [0.1, 0.15) is 35.7 Å². The molecule has 1 aliphatic heterocycles. The third-order valence-electron chi connectivity index (χ3n) is 7.40. The average molecular weight is 567 g/mol. The third-order valence-corrected chi connectivity index (χ3v) is 7.40. The summed E-state index contributed by atoms with van der Waals surface area (Å²) in [5.41, 5.74) is 1.73. The highest BCUT2D eigenvalue weighted by molar-refractivity contribution is 5.99. The lowest BCUT2D eigenvalue weighted by atomic mass is 10.00. The largest absolute Gasteiger partial charge is 0.489 e. The number of hydrogen-bond acceptors (Lipinski definition) is 6. The highest BCUT2D eigenvalue weighted by Gasteiger charge is 2.28. The van der Waals surface area contributed by atoms with Gasteiger partial charge in [0.2, 0.25) is 0 Å². The lowest BCUT2D eigenvalue weighted by molar-refractivity contribution is 0.0721. The van der Waals surface area contributed by atoms with Crippen LogP contribution in [0.4, 0.5) is 0 Å². The van der Waals surface area contributed by atoms with Crippen LogP contribution in [0.2, 0.25) is 0 Å². The molecule has 0 bridgehead atoms. The molecule has 0 radical (unpaired) electrons. The van der Waals surface area contributed by atoms with E-state index in [2.05, 4.69) is 0 Å². The molecule has 1 aliphatic rings. The minimum atomic E-state index is -0.526. The molecule has 6 heteroatoms. The van der Waals surface area contributed by atoms with Crippen LogP contribution in [-0.2, 0) is 0 Å². The molecule has 210 valence electrons. The molecule has 1 atom stereocenters. The van der Waals surface area contributed by atoms with Crippen LogP contribution in [0.25, 0.3) is 32.7 Å². The standard InChI is InChI=1S/C37H26O6/c1-23-22-40-30-12-6-14-32(42-36(38)28-18-16-24-8-2-4-10-26(24)20-28)34(30)35-31(41-23)13-7-15-33(35)43-37(39)29-19-17-25-9-3-5-11-27(25)21-29/h2-21,23H,22H2,1H3. The van der Waals surface area contributed by atoms with Crippen LogP contribution in [-0.4, -0.2) is 24.6 Å². The molecule has 43 heavy (non-hydrogen) atoms. The lowest BCUT2D eigenvalue weighted by Crippen LogP contribution is -2.23. The van der Waals surface area contributed by atoms with Crippen molar-refractivity contribution < 1.29 is 28.5 Å². The van der Waals surface area contributed by atoms with Gasteiger partial charge in [-0.05, 0) is 77.0 Å². The quantitative estimate of drug-likeness (QED) is 0.158. The van der Waals surface area contributed by atoms with Crippen molar-refractivity contribution in [3.8, 4) is 34.1 Å². The van der Waals surface area contributed by atoms with E-state index in [1.807, 2.05) is 67.6 Å². The highest BCUT2D eigenvalue weighted by atomic mass is 16.6. The third kappa shape index (κ3) is 5.15. The Bertz CT molecular complexity index is 2030. The van der Waals surface area contributed by atoms with Gasteiger partial charge in [-0.2, -0.15) is 0 Å². The van der Waals surface area contributed by atoms with Gasteiger partial charge in [0.05, 0.1) is 22.3 Å². The van der Waals surface area contributed by atoms with Crippen molar-refractivity contribution in [2.45, 2.75) is 13.0 Å². The predicted molar refractivity (Wildman–Crippen MR) is 165 cm³/mol. The number of hydrogen-bond donors (Lipinski definition) is 0. The first kappa shape index (κ1) is 26.3. The van der Waals surface area contributed by atoms with Crippen LogP contribution in [0, 0.1) is 0 Å². The minimum absolute atomic E-state index is 0.254. The summed E-state index contributed by atoms with van der Waals surface area (Å²) in [7, 11) is 0. The Morgan fingerprint density at radius 2 is 1.07 bits per heavy atom. The fraction of sp³-hybridized carbons (Fsp3) is 0.0811. The van der Waals surface area contributed by atoms with Gasteiger partial charge >= 0.3 is 11.9 Å². The zero-order valence-electron chi connectivity index (χ0n) is 23.3.